The number of nitrogens with one attached hydrogen (secondary N) is 1. The lowest BCUT2D eigenvalue weighted by Crippen LogP contribution is -2.49. The summed E-state index contributed by atoms with van der Waals surface area (Å²) in [5, 5.41) is 12.9. The summed E-state index contributed by atoms with van der Waals surface area (Å²) in [5.74, 6) is 0.689. The summed E-state index contributed by atoms with van der Waals surface area (Å²) in [7, 11) is 0. The van der Waals surface area contributed by atoms with E-state index in [-0.39, 0.29) is 17.2 Å². The molecule has 1 saturated carbocycles. The number of allylic oxidation sites excluding steroid dienone is 2. The maximum Gasteiger partial charge on any atom is 0.243 e. The molecule has 8 heteroatoms. The van der Waals surface area contributed by atoms with Crippen LogP contribution in [0.4, 0.5) is 0 Å². The summed E-state index contributed by atoms with van der Waals surface area (Å²) in [4.78, 5) is 28.1. The van der Waals surface area contributed by atoms with Crippen LogP contribution < -0.4 is 5.48 Å². The van der Waals surface area contributed by atoms with E-state index < -0.39 is 0 Å². The molecule has 2 N–H and O–H groups in total. The first-order valence-electron chi connectivity index (χ1n) is 14.1. The van der Waals surface area contributed by atoms with Crippen LogP contribution in [0.15, 0.2) is 55.4 Å². The Balaban J connectivity index is 1.40. The summed E-state index contributed by atoms with van der Waals surface area (Å²) < 4.78 is 1.95. The van der Waals surface area contributed by atoms with Crippen LogP contribution in [-0.2, 0) is 16.1 Å². The third-order valence-corrected chi connectivity index (χ3v) is 8.63. The summed E-state index contributed by atoms with van der Waals surface area (Å²) >= 11 is 0. The third-order valence-electron chi connectivity index (χ3n) is 8.63. The van der Waals surface area contributed by atoms with E-state index in [4.69, 9.17) is 5.21 Å². The van der Waals surface area contributed by atoms with Crippen LogP contribution in [0.25, 0.3) is 0 Å². The number of hydrogen-bond donors (Lipinski definition) is 2. The first-order chi connectivity index (χ1) is 18.3. The van der Waals surface area contributed by atoms with Gasteiger partial charge < -0.3 is 4.90 Å². The van der Waals surface area contributed by atoms with Gasteiger partial charge in [-0.05, 0) is 55.4 Å². The zero-order chi connectivity index (χ0) is 27.5. The highest BCUT2D eigenvalue weighted by molar-refractivity contribution is 5.76. The minimum absolute atomic E-state index is 0.0427. The molecule has 0 bridgehead atoms. The quantitative estimate of drug-likeness (QED) is 0.160. The molecule has 1 aliphatic heterocycles. The van der Waals surface area contributed by atoms with Crippen molar-refractivity contribution in [2.75, 3.05) is 32.7 Å². The molecule has 3 atom stereocenters. The van der Waals surface area contributed by atoms with Crippen LogP contribution in [0.3, 0.4) is 0 Å². The Kier molecular flexibility index (Phi) is 11.3. The van der Waals surface area contributed by atoms with Crippen LogP contribution in [-0.4, -0.2) is 69.3 Å². The molecule has 8 nitrogen and oxygen atoms in total. The Morgan fingerprint density at radius 2 is 1.79 bits per heavy atom. The first kappa shape index (κ1) is 29.8. The van der Waals surface area contributed by atoms with Crippen LogP contribution in [0.1, 0.15) is 64.7 Å². The van der Waals surface area contributed by atoms with Crippen molar-refractivity contribution in [3.8, 4) is 0 Å². The molecular weight excluding hydrogens is 478 g/mol. The van der Waals surface area contributed by atoms with Gasteiger partial charge in [0.2, 0.25) is 11.8 Å². The van der Waals surface area contributed by atoms with Gasteiger partial charge in [-0.1, -0.05) is 50.1 Å². The molecule has 2 fully saturated rings. The Hall–Kier alpha value is -2.71. The van der Waals surface area contributed by atoms with Crippen LogP contribution >= 0.6 is 0 Å². The maximum atomic E-state index is 12.6. The Labute approximate surface area is 228 Å². The predicted molar refractivity (Wildman–Crippen MR) is 150 cm³/mol. The maximum absolute atomic E-state index is 12.6. The zero-order valence-corrected chi connectivity index (χ0v) is 23.2. The van der Waals surface area contributed by atoms with Gasteiger partial charge in [-0.25, -0.2) is 5.48 Å². The number of piperazine rings is 1. The standard InChI is InChI=1S/C30H47N5O3/c1-5-30(4)14-13-26(21-27(30)25(3)23-35-16-10-15-31-35)24(2)22-33-17-19-34(20-18-33)29(37)12-9-7-6-8-11-28(36)32-38/h5,10,15-16,26-27,38H,1-3,6-9,11-14,17-23H2,4H3,(H,32,36)/t26-,27+,30-/m1/s1. The molecule has 0 radical (unpaired) electrons. The van der Waals surface area contributed by atoms with Crippen molar-refractivity contribution in [3.63, 3.8) is 0 Å². The molecule has 1 saturated heterocycles. The third kappa shape index (κ3) is 8.40. The zero-order valence-electron chi connectivity index (χ0n) is 23.2. The van der Waals surface area contributed by atoms with Gasteiger partial charge >= 0.3 is 0 Å². The second-order valence-electron chi connectivity index (χ2n) is 11.4. The summed E-state index contributed by atoms with van der Waals surface area (Å²) in [6.45, 7) is 20.4. The number of nitrogens with zero attached hydrogens (tertiary/aromatic N) is 4. The average molecular weight is 526 g/mol. The van der Waals surface area contributed by atoms with E-state index in [0.717, 1.165) is 84.2 Å². The van der Waals surface area contributed by atoms with E-state index >= 15 is 0 Å². The number of hydroxylamine groups is 1. The molecule has 3 rings (SSSR count). The lowest BCUT2D eigenvalue weighted by atomic mass is 9.61. The summed E-state index contributed by atoms with van der Waals surface area (Å²) in [6.07, 6.45) is 13.4. The van der Waals surface area contributed by atoms with E-state index in [9.17, 15) is 9.59 Å². The highest BCUT2D eigenvalue weighted by Crippen LogP contribution is 2.49. The molecule has 0 unspecified atom stereocenters. The van der Waals surface area contributed by atoms with Crippen molar-refractivity contribution >= 4 is 11.8 Å². The fraction of sp³-hybridized carbons (Fsp3) is 0.633. The fourth-order valence-electron chi connectivity index (χ4n) is 5.99. The van der Waals surface area contributed by atoms with Crippen molar-refractivity contribution in [2.45, 2.75) is 71.3 Å². The molecular formula is C30H47N5O3. The van der Waals surface area contributed by atoms with Crippen LogP contribution in [0, 0.1) is 17.3 Å². The molecule has 1 aliphatic carbocycles. The smallest absolute Gasteiger partial charge is 0.243 e. The van der Waals surface area contributed by atoms with Crippen molar-refractivity contribution < 1.29 is 14.8 Å². The predicted octanol–water partition coefficient (Wildman–Crippen LogP) is 4.59. The molecule has 2 heterocycles. The molecule has 210 valence electrons. The second kappa shape index (κ2) is 14.4. The number of hydrogen-bond acceptors (Lipinski definition) is 5. The fourth-order valence-corrected chi connectivity index (χ4v) is 5.99. The largest absolute Gasteiger partial charge is 0.340 e. The normalized spacial score (nSPS) is 24.1. The van der Waals surface area contributed by atoms with Gasteiger partial charge in [0.15, 0.2) is 0 Å². The number of amides is 2. The van der Waals surface area contributed by atoms with Gasteiger partial charge in [0.25, 0.3) is 0 Å². The van der Waals surface area contributed by atoms with Crippen molar-refractivity contribution in [1.29, 1.82) is 0 Å². The summed E-state index contributed by atoms with van der Waals surface area (Å²) in [5.41, 5.74) is 4.19. The van der Waals surface area contributed by atoms with Crippen molar-refractivity contribution in [1.82, 2.24) is 25.1 Å². The second-order valence-corrected chi connectivity index (χ2v) is 11.4. The Morgan fingerprint density at radius 1 is 1.08 bits per heavy atom. The SMILES string of the molecule is C=C[C@]1(C)CC[C@@H](C(=C)CN2CCN(C(=O)CCCCCCC(=O)NO)CC2)C[C@H]1C(=C)Cn1cccn1. The monoisotopic (exact) mass is 525 g/mol. The Morgan fingerprint density at radius 3 is 2.42 bits per heavy atom. The van der Waals surface area contributed by atoms with Crippen molar-refractivity contribution in [2.24, 2.45) is 17.3 Å². The van der Waals surface area contributed by atoms with Gasteiger partial charge in [0.05, 0.1) is 6.54 Å². The molecule has 1 aromatic rings. The number of carbonyl (C=O) groups excluding carboxylic acids is 2. The lowest BCUT2D eigenvalue weighted by Gasteiger charge is -2.45. The minimum atomic E-state index is -0.351. The van der Waals surface area contributed by atoms with Crippen LogP contribution in [0.5, 0.6) is 0 Å². The number of carbonyl (C=O) groups is 2. The van der Waals surface area contributed by atoms with E-state index in [1.165, 1.54) is 11.1 Å². The number of rotatable bonds is 14. The average Bonchev–Trinajstić information content (AvgIpc) is 3.43. The van der Waals surface area contributed by atoms with Gasteiger partial charge in [0, 0.05) is 58.0 Å². The van der Waals surface area contributed by atoms with Crippen molar-refractivity contribution in [3.05, 3.63) is 55.4 Å². The molecule has 2 aliphatic rings. The van der Waals surface area contributed by atoms with E-state index in [0.29, 0.717) is 24.7 Å². The van der Waals surface area contributed by atoms with Gasteiger partial charge in [0.1, 0.15) is 0 Å². The first-order valence-corrected chi connectivity index (χ1v) is 14.1. The Bertz CT molecular complexity index is 951. The molecule has 1 aromatic heterocycles. The van der Waals surface area contributed by atoms with Gasteiger partial charge in [-0.15, -0.1) is 6.58 Å². The van der Waals surface area contributed by atoms with E-state index in [2.05, 4.69) is 42.7 Å². The topological polar surface area (TPSA) is 90.7 Å². The minimum Gasteiger partial charge on any atom is -0.340 e. The van der Waals surface area contributed by atoms with Gasteiger partial charge in [-0.2, -0.15) is 5.10 Å². The molecule has 38 heavy (non-hydrogen) atoms. The van der Waals surface area contributed by atoms with E-state index in [1.807, 2.05) is 28.0 Å². The number of aromatic nitrogens is 2. The molecule has 0 spiro atoms. The number of unbranched alkanes of at least 4 members (excludes halogenated alkanes) is 3. The van der Waals surface area contributed by atoms with E-state index in [1.54, 1.807) is 5.48 Å². The lowest BCUT2D eigenvalue weighted by molar-refractivity contribution is -0.133. The molecule has 2 amide bonds. The molecule has 0 aromatic carbocycles. The van der Waals surface area contributed by atoms with Crippen LogP contribution in [0.2, 0.25) is 0 Å². The highest BCUT2D eigenvalue weighted by Gasteiger charge is 2.40. The highest BCUT2D eigenvalue weighted by atomic mass is 16.5. The van der Waals surface area contributed by atoms with Gasteiger partial charge in [-0.3, -0.25) is 24.4 Å². The summed E-state index contributed by atoms with van der Waals surface area (Å²) in [6, 6.07) is 1.95.